The molecule has 0 saturated carbocycles. The van der Waals surface area contributed by atoms with E-state index in [4.69, 9.17) is 4.74 Å². The number of hydrogen-bond donors (Lipinski definition) is 1. The average molecular weight is 282 g/mol. The lowest BCUT2D eigenvalue weighted by Crippen LogP contribution is -2.06. The third kappa shape index (κ3) is 5.15. The molecule has 19 heavy (non-hydrogen) atoms. The summed E-state index contributed by atoms with van der Waals surface area (Å²) in [4.78, 5) is 12.1. The molecule has 0 aliphatic heterocycles. The summed E-state index contributed by atoms with van der Waals surface area (Å²) in [6.07, 6.45) is 4.48. The fourth-order valence-electron chi connectivity index (χ4n) is 1.83. The SMILES string of the molecule is CCCCCCOc1cccc(SCC)c1C(=O)O. The van der Waals surface area contributed by atoms with Crippen molar-refractivity contribution in [3.05, 3.63) is 23.8 Å². The maximum atomic E-state index is 11.4. The number of benzene rings is 1. The zero-order valence-electron chi connectivity index (χ0n) is 11.6. The van der Waals surface area contributed by atoms with Gasteiger partial charge in [0.05, 0.1) is 6.61 Å². The number of carboxylic acid groups (broad SMARTS) is 1. The van der Waals surface area contributed by atoms with Crippen molar-refractivity contribution in [3.63, 3.8) is 0 Å². The van der Waals surface area contributed by atoms with E-state index in [-0.39, 0.29) is 0 Å². The van der Waals surface area contributed by atoms with Crippen LogP contribution in [0.5, 0.6) is 5.75 Å². The highest BCUT2D eigenvalue weighted by Gasteiger charge is 2.16. The predicted octanol–water partition coefficient (Wildman–Crippen LogP) is 4.46. The van der Waals surface area contributed by atoms with Crippen LogP contribution in [0.25, 0.3) is 0 Å². The lowest BCUT2D eigenvalue weighted by molar-refractivity contribution is 0.0688. The fraction of sp³-hybridized carbons (Fsp3) is 0.533. The summed E-state index contributed by atoms with van der Waals surface area (Å²) < 4.78 is 5.64. The Morgan fingerprint density at radius 2 is 2.05 bits per heavy atom. The third-order valence-corrected chi connectivity index (χ3v) is 3.70. The van der Waals surface area contributed by atoms with E-state index in [1.807, 2.05) is 19.1 Å². The molecule has 0 aromatic heterocycles. The van der Waals surface area contributed by atoms with Crippen LogP contribution in [0.4, 0.5) is 0 Å². The number of carboxylic acids is 1. The van der Waals surface area contributed by atoms with Gasteiger partial charge >= 0.3 is 5.97 Å². The number of hydrogen-bond acceptors (Lipinski definition) is 3. The molecule has 0 fully saturated rings. The first kappa shape index (κ1) is 15.9. The summed E-state index contributed by atoms with van der Waals surface area (Å²) in [7, 11) is 0. The number of ether oxygens (including phenoxy) is 1. The summed E-state index contributed by atoms with van der Waals surface area (Å²) in [6.45, 7) is 4.75. The van der Waals surface area contributed by atoms with Crippen molar-refractivity contribution < 1.29 is 14.6 Å². The molecule has 0 aliphatic carbocycles. The van der Waals surface area contributed by atoms with Crippen molar-refractivity contribution in [2.24, 2.45) is 0 Å². The van der Waals surface area contributed by atoms with Gasteiger partial charge in [-0.1, -0.05) is 39.2 Å². The van der Waals surface area contributed by atoms with Gasteiger partial charge in [0.25, 0.3) is 0 Å². The smallest absolute Gasteiger partial charge is 0.340 e. The second kappa shape index (κ2) is 8.86. The largest absolute Gasteiger partial charge is 0.493 e. The van der Waals surface area contributed by atoms with Gasteiger partial charge < -0.3 is 9.84 Å². The minimum absolute atomic E-state index is 0.296. The summed E-state index contributed by atoms with van der Waals surface area (Å²) in [5, 5.41) is 9.32. The van der Waals surface area contributed by atoms with Gasteiger partial charge in [0.2, 0.25) is 0 Å². The molecule has 1 rings (SSSR count). The van der Waals surface area contributed by atoms with Crippen LogP contribution < -0.4 is 4.74 Å². The summed E-state index contributed by atoms with van der Waals surface area (Å²) in [6, 6.07) is 5.43. The summed E-state index contributed by atoms with van der Waals surface area (Å²) in [5.41, 5.74) is 0.296. The molecule has 1 N–H and O–H groups in total. The van der Waals surface area contributed by atoms with Gasteiger partial charge in [0.15, 0.2) is 0 Å². The number of rotatable bonds is 9. The Bertz CT molecular complexity index is 404. The molecule has 1 aromatic carbocycles. The van der Waals surface area contributed by atoms with Crippen molar-refractivity contribution >= 4 is 17.7 Å². The van der Waals surface area contributed by atoms with Gasteiger partial charge in [-0.25, -0.2) is 4.79 Å². The molecule has 0 unspecified atom stereocenters. The third-order valence-electron chi connectivity index (χ3n) is 2.76. The Hall–Kier alpha value is -1.16. The van der Waals surface area contributed by atoms with Crippen molar-refractivity contribution in [1.29, 1.82) is 0 Å². The van der Waals surface area contributed by atoms with Crippen LogP contribution in [-0.2, 0) is 0 Å². The molecule has 0 spiro atoms. The van der Waals surface area contributed by atoms with Crippen LogP contribution in [0.3, 0.4) is 0 Å². The Kier molecular flexibility index (Phi) is 7.41. The molecule has 4 heteroatoms. The molecule has 0 bridgehead atoms. The highest BCUT2D eigenvalue weighted by molar-refractivity contribution is 7.99. The van der Waals surface area contributed by atoms with E-state index >= 15 is 0 Å². The van der Waals surface area contributed by atoms with Gasteiger partial charge in [-0.2, -0.15) is 0 Å². The standard InChI is InChI=1S/C15H22O3S/c1-3-5-6-7-11-18-12-9-8-10-13(19-4-2)14(12)15(16)17/h8-10H,3-7,11H2,1-2H3,(H,16,17). The van der Waals surface area contributed by atoms with E-state index in [1.165, 1.54) is 24.6 Å². The van der Waals surface area contributed by atoms with Crippen molar-refractivity contribution in [1.82, 2.24) is 0 Å². The summed E-state index contributed by atoms with van der Waals surface area (Å²) >= 11 is 1.53. The molecule has 106 valence electrons. The van der Waals surface area contributed by atoms with Crippen molar-refractivity contribution in [3.8, 4) is 5.75 Å². The van der Waals surface area contributed by atoms with Crippen molar-refractivity contribution in [2.75, 3.05) is 12.4 Å². The van der Waals surface area contributed by atoms with E-state index in [9.17, 15) is 9.90 Å². The molecule has 3 nitrogen and oxygen atoms in total. The summed E-state index contributed by atoms with van der Waals surface area (Å²) in [5.74, 6) is 0.419. The number of thioether (sulfide) groups is 1. The highest BCUT2D eigenvalue weighted by atomic mass is 32.2. The van der Waals surface area contributed by atoms with E-state index in [0.717, 1.165) is 23.5 Å². The quantitative estimate of drug-likeness (QED) is 0.536. The Labute approximate surface area is 119 Å². The molecular formula is C15H22O3S. The van der Waals surface area contributed by atoms with Crippen LogP contribution in [-0.4, -0.2) is 23.4 Å². The molecule has 0 saturated heterocycles. The van der Waals surface area contributed by atoms with Crippen molar-refractivity contribution in [2.45, 2.75) is 44.4 Å². The first-order valence-electron chi connectivity index (χ1n) is 6.82. The normalized spacial score (nSPS) is 10.4. The monoisotopic (exact) mass is 282 g/mol. The predicted molar refractivity (Wildman–Crippen MR) is 79.4 cm³/mol. The van der Waals surface area contributed by atoms with E-state index in [0.29, 0.717) is 17.9 Å². The fourth-order valence-corrected chi connectivity index (χ4v) is 2.65. The second-order valence-corrected chi connectivity index (χ2v) is 5.58. The van der Waals surface area contributed by atoms with E-state index in [2.05, 4.69) is 6.92 Å². The maximum Gasteiger partial charge on any atom is 0.340 e. The van der Waals surface area contributed by atoms with Gasteiger partial charge in [0.1, 0.15) is 11.3 Å². The van der Waals surface area contributed by atoms with E-state index < -0.39 is 5.97 Å². The van der Waals surface area contributed by atoms with E-state index in [1.54, 1.807) is 6.07 Å². The number of carbonyl (C=O) groups is 1. The first-order chi connectivity index (χ1) is 9.20. The van der Waals surface area contributed by atoms with Crippen LogP contribution in [0.1, 0.15) is 49.9 Å². The Morgan fingerprint density at radius 1 is 1.26 bits per heavy atom. The van der Waals surface area contributed by atoms with Gasteiger partial charge in [-0.15, -0.1) is 11.8 Å². The number of unbranched alkanes of at least 4 members (excludes halogenated alkanes) is 3. The van der Waals surface area contributed by atoms with Gasteiger partial charge in [0, 0.05) is 4.90 Å². The Balaban J connectivity index is 2.70. The minimum Gasteiger partial charge on any atom is -0.493 e. The number of aromatic carboxylic acids is 1. The second-order valence-electron chi connectivity index (χ2n) is 4.28. The average Bonchev–Trinajstić information content (AvgIpc) is 2.38. The zero-order chi connectivity index (χ0) is 14.1. The topological polar surface area (TPSA) is 46.5 Å². The van der Waals surface area contributed by atoms with Crippen LogP contribution >= 0.6 is 11.8 Å². The molecule has 0 radical (unpaired) electrons. The lowest BCUT2D eigenvalue weighted by atomic mass is 10.2. The lowest BCUT2D eigenvalue weighted by Gasteiger charge is -2.12. The minimum atomic E-state index is -0.917. The Morgan fingerprint density at radius 3 is 2.68 bits per heavy atom. The first-order valence-corrected chi connectivity index (χ1v) is 7.81. The van der Waals surface area contributed by atoms with Gasteiger partial charge in [-0.3, -0.25) is 0 Å². The van der Waals surface area contributed by atoms with Crippen LogP contribution in [0.15, 0.2) is 23.1 Å². The molecule has 1 aromatic rings. The zero-order valence-corrected chi connectivity index (χ0v) is 12.5. The molecule has 0 amide bonds. The highest BCUT2D eigenvalue weighted by Crippen LogP contribution is 2.30. The van der Waals surface area contributed by atoms with Crippen LogP contribution in [0, 0.1) is 0 Å². The van der Waals surface area contributed by atoms with Gasteiger partial charge in [-0.05, 0) is 24.3 Å². The maximum absolute atomic E-state index is 11.4. The molecular weight excluding hydrogens is 260 g/mol. The molecule has 0 atom stereocenters. The molecule has 0 heterocycles. The molecule has 0 aliphatic rings. The van der Waals surface area contributed by atoms with Crippen LogP contribution in [0.2, 0.25) is 0 Å².